The lowest BCUT2D eigenvalue weighted by Gasteiger charge is -2.24. The molecule has 0 saturated carbocycles. The van der Waals surface area contributed by atoms with E-state index < -0.39 is 64.7 Å². The summed E-state index contributed by atoms with van der Waals surface area (Å²) < 4.78 is 97.6. The molecule has 0 aromatic heterocycles. The molecule has 2 atom stereocenters. The van der Waals surface area contributed by atoms with Crippen molar-refractivity contribution >= 4 is 17.8 Å². The van der Waals surface area contributed by atoms with Gasteiger partial charge in [-0.1, -0.05) is 12.1 Å². The molecule has 0 unspecified atom stereocenters. The monoisotopic (exact) mass is 535 g/mol. The summed E-state index contributed by atoms with van der Waals surface area (Å²) in [5, 5.41) is 4.51. The number of carbonyl (C=O) groups excluding carboxylic acids is 2. The molecule has 2 aromatic rings. The first kappa shape index (κ1) is 28.1. The molecule has 1 fully saturated rings. The molecule has 202 valence electrons. The van der Waals surface area contributed by atoms with Crippen molar-refractivity contribution in [2.75, 3.05) is 18.4 Å². The second kappa shape index (κ2) is 10.1. The zero-order chi connectivity index (χ0) is 27.8. The van der Waals surface area contributed by atoms with Gasteiger partial charge in [-0.3, -0.25) is 0 Å². The number of nitrogens with zero attached hydrogens (tertiary/aromatic N) is 1. The highest BCUT2D eigenvalue weighted by molar-refractivity contribution is 5.90. The molecular formula is C24H24F7N3O3. The van der Waals surface area contributed by atoms with Crippen molar-refractivity contribution in [2.45, 2.75) is 50.7 Å². The fraction of sp³-hybridized carbons (Fsp3) is 0.417. The fourth-order valence-electron chi connectivity index (χ4n) is 3.84. The van der Waals surface area contributed by atoms with E-state index in [-0.39, 0.29) is 19.2 Å². The van der Waals surface area contributed by atoms with Gasteiger partial charge in [0.25, 0.3) is 0 Å². The molecule has 3 rings (SSSR count). The molecule has 2 aromatic carbocycles. The Kier molecular flexibility index (Phi) is 7.66. The van der Waals surface area contributed by atoms with Crippen LogP contribution in [0.1, 0.15) is 43.4 Å². The Labute approximate surface area is 207 Å². The zero-order valence-corrected chi connectivity index (χ0v) is 19.9. The molecule has 3 amide bonds. The average Bonchev–Trinajstić information content (AvgIpc) is 3.15. The number of benzene rings is 2. The number of amides is 3. The SMILES string of the molecule is CC(C)(C)OC(=O)N1C[C@H](NC(=O)Nc2cc(C(F)(F)F)cc(C(F)(F)F)c2)[C@H](c2ccc(F)cc2)C1. The third-order valence-electron chi connectivity index (χ3n) is 5.43. The Bertz CT molecular complexity index is 1110. The first-order valence-corrected chi connectivity index (χ1v) is 11.0. The molecule has 1 heterocycles. The van der Waals surface area contributed by atoms with Gasteiger partial charge in [0.05, 0.1) is 17.2 Å². The van der Waals surface area contributed by atoms with E-state index in [0.717, 1.165) is 0 Å². The quantitative estimate of drug-likeness (QED) is 0.448. The van der Waals surface area contributed by atoms with E-state index in [1.54, 1.807) is 20.8 Å². The molecule has 13 heteroatoms. The molecule has 1 aliphatic rings. The number of urea groups is 1. The van der Waals surface area contributed by atoms with E-state index in [0.29, 0.717) is 17.7 Å². The second-order valence-corrected chi connectivity index (χ2v) is 9.54. The molecular weight excluding hydrogens is 511 g/mol. The molecule has 2 N–H and O–H groups in total. The van der Waals surface area contributed by atoms with Crippen LogP contribution in [0, 0.1) is 5.82 Å². The van der Waals surface area contributed by atoms with Gasteiger partial charge in [-0.05, 0) is 56.7 Å². The van der Waals surface area contributed by atoms with E-state index in [2.05, 4.69) is 5.32 Å². The smallest absolute Gasteiger partial charge is 0.416 e. The minimum absolute atomic E-state index is 0.0523. The number of anilines is 1. The van der Waals surface area contributed by atoms with Gasteiger partial charge >= 0.3 is 24.5 Å². The van der Waals surface area contributed by atoms with Gasteiger partial charge in [-0.2, -0.15) is 26.3 Å². The summed E-state index contributed by atoms with van der Waals surface area (Å²) >= 11 is 0. The van der Waals surface area contributed by atoms with Crippen LogP contribution in [-0.4, -0.2) is 41.8 Å². The summed E-state index contributed by atoms with van der Waals surface area (Å²) in [4.78, 5) is 26.5. The molecule has 0 aliphatic carbocycles. The predicted octanol–water partition coefficient (Wildman–Crippen LogP) is 6.39. The van der Waals surface area contributed by atoms with E-state index in [4.69, 9.17) is 4.74 Å². The summed E-state index contributed by atoms with van der Waals surface area (Å²) in [6.07, 6.45) is -10.8. The third kappa shape index (κ3) is 7.49. The average molecular weight is 535 g/mol. The minimum atomic E-state index is -5.08. The molecule has 1 aliphatic heterocycles. The van der Waals surface area contributed by atoms with Gasteiger partial charge in [0, 0.05) is 24.7 Å². The van der Waals surface area contributed by atoms with Gasteiger partial charge in [-0.15, -0.1) is 0 Å². The first-order valence-electron chi connectivity index (χ1n) is 11.0. The van der Waals surface area contributed by atoms with Crippen LogP contribution < -0.4 is 10.6 Å². The second-order valence-electron chi connectivity index (χ2n) is 9.54. The molecule has 0 radical (unpaired) electrons. The maximum absolute atomic E-state index is 13.4. The van der Waals surface area contributed by atoms with Gasteiger partial charge in [0.2, 0.25) is 0 Å². The Morgan fingerprint density at radius 2 is 1.43 bits per heavy atom. The van der Waals surface area contributed by atoms with E-state index in [9.17, 15) is 40.3 Å². The highest BCUT2D eigenvalue weighted by Crippen LogP contribution is 2.37. The highest BCUT2D eigenvalue weighted by Gasteiger charge is 2.40. The summed E-state index contributed by atoms with van der Waals surface area (Å²) in [5.74, 6) is -1.08. The number of hydrogen-bond donors (Lipinski definition) is 2. The Balaban J connectivity index is 1.83. The maximum atomic E-state index is 13.4. The summed E-state index contributed by atoms with van der Waals surface area (Å²) in [6.45, 7) is 4.97. The Morgan fingerprint density at radius 1 is 0.892 bits per heavy atom. The minimum Gasteiger partial charge on any atom is -0.444 e. The molecule has 6 nitrogen and oxygen atoms in total. The summed E-state index contributed by atoms with van der Waals surface area (Å²) in [5.41, 5.74) is -4.15. The summed E-state index contributed by atoms with van der Waals surface area (Å²) in [6, 6.07) is 4.08. The number of alkyl halides is 6. The highest BCUT2D eigenvalue weighted by atomic mass is 19.4. The Hall–Kier alpha value is -3.51. The number of likely N-dealkylation sites (tertiary alicyclic amines) is 1. The largest absolute Gasteiger partial charge is 0.444 e. The number of halogens is 7. The number of nitrogens with one attached hydrogen (secondary N) is 2. The van der Waals surface area contributed by atoms with Crippen molar-refractivity contribution in [1.82, 2.24) is 10.2 Å². The van der Waals surface area contributed by atoms with E-state index in [1.165, 1.54) is 29.2 Å². The van der Waals surface area contributed by atoms with Gasteiger partial charge in [0.15, 0.2) is 0 Å². The van der Waals surface area contributed by atoms with Crippen molar-refractivity contribution in [3.8, 4) is 0 Å². The lowest BCUT2D eigenvalue weighted by molar-refractivity contribution is -0.143. The van der Waals surface area contributed by atoms with Crippen LogP contribution in [0.25, 0.3) is 0 Å². The number of hydrogen-bond acceptors (Lipinski definition) is 3. The molecule has 0 bridgehead atoms. The number of rotatable bonds is 3. The fourth-order valence-corrected chi connectivity index (χ4v) is 3.84. The van der Waals surface area contributed by atoms with E-state index >= 15 is 0 Å². The first-order chi connectivity index (χ1) is 16.9. The topological polar surface area (TPSA) is 70.7 Å². The van der Waals surface area contributed by atoms with Crippen LogP contribution in [0.3, 0.4) is 0 Å². The lowest BCUT2D eigenvalue weighted by atomic mass is 9.94. The standard InChI is InChI=1S/C24H24F7N3O3/c1-22(2,3)37-21(36)34-11-18(13-4-6-16(25)7-5-13)19(12-34)33-20(35)32-17-9-14(23(26,27)28)8-15(10-17)24(29,30)31/h4-10,18-19H,11-12H2,1-3H3,(H2,32,33,35)/t18-,19-/m0/s1. The van der Waals surface area contributed by atoms with Crippen LogP contribution in [0.5, 0.6) is 0 Å². The van der Waals surface area contributed by atoms with Crippen molar-refractivity contribution in [2.24, 2.45) is 0 Å². The van der Waals surface area contributed by atoms with Gasteiger partial charge in [-0.25, -0.2) is 14.0 Å². The molecule has 1 saturated heterocycles. The predicted molar refractivity (Wildman–Crippen MR) is 119 cm³/mol. The van der Waals surface area contributed by atoms with Crippen LogP contribution in [-0.2, 0) is 17.1 Å². The summed E-state index contributed by atoms with van der Waals surface area (Å²) in [7, 11) is 0. The van der Waals surface area contributed by atoms with Crippen LogP contribution in [0.2, 0.25) is 0 Å². The van der Waals surface area contributed by atoms with Crippen molar-refractivity contribution in [3.63, 3.8) is 0 Å². The third-order valence-corrected chi connectivity index (χ3v) is 5.43. The van der Waals surface area contributed by atoms with Crippen molar-refractivity contribution < 1.29 is 45.1 Å². The number of ether oxygens (including phenoxy) is 1. The Morgan fingerprint density at radius 3 is 1.92 bits per heavy atom. The van der Waals surface area contributed by atoms with Gasteiger partial charge in [0.1, 0.15) is 11.4 Å². The van der Waals surface area contributed by atoms with E-state index in [1.807, 2.05) is 5.32 Å². The van der Waals surface area contributed by atoms with Crippen LogP contribution in [0.15, 0.2) is 42.5 Å². The van der Waals surface area contributed by atoms with Crippen LogP contribution in [0.4, 0.5) is 46.0 Å². The number of carbonyl (C=O) groups is 2. The van der Waals surface area contributed by atoms with Gasteiger partial charge < -0.3 is 20.3 Å². The lowest BCUT2D eigenvalue weighted by Crippen LogP contribution is -2.43. The normalized spacial score (nSPS) is 18.5. The molecule has 0 spiro atoms. The van der Waals surface area contributed by atoms with Crippen LogP contribution >= 0.6 is 0 Å². The zero-order valence-electron chi connectivity index (χ0n) is 19.9. The maximum Gasteiger partial charge on any atom is 0.416 e. The molecule has 37 heavy (non-hydrogen) atoms. The van der Waals surface area contributed by atoms with Crippen molar-refractivity contribution in [3.05, 3.63) is 65.0 Å². The van der Waals surface area contributed by atoms with Crippen molar-refractivity contribution in [1.29, 1.82) is 0 Å².